The molecule has 0 aliphatic rings. The van der Waals surface area contributed by atoms with Gasteiger partial charge >= 0.3 is 0 Å². The molecule has 0 fully saturated rings. The lowest BCUT2D eigenvalue weighted by molar-refractivity contribution is 0.163. The van der Waals surface area contributed by atoms with Crippen LogP contribution in [0.3, 0.4) is 0 Å². The molecule has 0 saturated heterocycles. The van der Waals surface area contributed by atoms with E-state index in [2.05, 4.69) is 11.9 Å². The van der Waals surface area contributed by atoms with Gasteiger partial charge in [-0.3, -0.25) is 0 Å². The third kappa shape index (κ3) is 4.20. The summed E-state index contributed by atoms with van der Waals surface area (Å²) in [5.41, 5.74) is 0. The van der Waals surface area contributed by atoms with E-state index < -0.39 is 0 Å². The van der Waals surface area contributed by atoms with E-state index in [0.717, 1.165) is 17.8 Å². The normalized spacial score (nSPS) is 13.0. The molecule has 1 aromatic rings. The third-order valence-corrected chi connectivity index (χ3v) is 3.19. The number of nitrogens with zero attached hydrogens (tertiary/aromatic N) is 1. The molecule has 1 aromatic heterocycles. The Morgan fingerprint density at radius 3 is 2.79 bits per heavy atom. The van der Waals surface area contributed by atoms with E-state index in [-0.39, 0.29) is 6.10 Å². The fraction of sp³-hybridized carbons (Fsp3) is 0.727. The lowest BCUT2D eigenvalue weighted by atomic mass is 10.1. The molecule has 80 valence electrons. The minimum absolute atomic E-state index is 0.336. The molecule has 0 radical (unpaired) electrons. The van der Waals surface area contributed by atoms with Crippen LogP contribution >= 0.6 is 11.3 Å². The Labute approximate surface area is 90.0 Å². The van der Waals surface area contributed by atoms with Gasteiger partial charge < -0.3 is 5.11 Å². The van der Waals surface area contributed by atoms with Crippen LogP contribution < -0.4 is 0 Å². The molecule has 0 bridgehead atoms. The monoisotopic (exact) mass is 213 g/mol. The van der Waals surface area contributed by atoms with Crippen LogP contribution in [-0.4, -0.2) is 10.1 Å². The largest absolute Gasteiger partial charge is 0.386 e. The van der Waals surface area contributed by atoms with E-state index in [9.17, 15) is 5.11 Å². The summed E-state index contributed by atoms with van der Waals surface area (Å²) in [5.74, 6) is 0. The number of hydrogen-bond acceptors (Lipinski definition) is 3. The summed E-state index contributed by atoms with van der Waals surface area (Å²) in [7, 11) is 0. The van der Waals surface area contributed by atoms with Crippen LogP contribution in [0.15, 0.2) is 11.6 Å². The maximum Gasteiger partial charge on any atom is 0.121 e. The quantitative estimate of drug-likeness (QED) is 0.703. The molecular weight excluding hydrogens is 194 g/mol. The Morgan fingerprint density at radius 1 is 1.36 bits per heavy atom. The highest BCUT2D eigenvalue weighted by molar-refractivity contribution is 7.09. The van der Waals surface area contributed by atoms with Gasteiger partial charge in [-0.05, 0) is 6.42 Å². The highest BCUT2D eigenvalue weighted by Crippen LogP contribution is 2.21. The minimum atomic E-state index is -0.336. The summed E-state index contributed by atoms with van der Waals surface area (Å²) in [6.45, 7) is 2.21. The molecule has 0 aliphatic heterocycles. The average molecular weight is 213 g/mol. The van der Waals surface area contributed by atoms with E-state index in [1.54, 1.807) is 6.20 Å². The van der Waals surface area contributed by atoms with Gasteiger partial charge in [-0.2, -0.15) is 0 Å². The summed E-state index contributed by atoms with van der Waals surface area (Å²) in [4.78, 5) is 4.10. The first-order chi connectivity index (χ1) is 6.84. The van der Waals surface area contributed by atoms with Crippen molar-refractivity contribution >= 4 is 11.3 Å². The number of rotatable bonds is 7. The zero-order chi connectivity index (χ0) is 10.2. The van der Waals surface area contributed by atoms with Crippen molar-refractivity contribution in [2.24, 2.45) is 0 Å². The molecule has 0 spiro atoms. The zero-order valence-electron chi connectivity index (χ0n) is 8.78. The van der Waals surface area contributed by atoms with Crippen molar-refractivity contribution in [3.63, 3.8) is 0 Å². The Balaban J connectivity index is 2.07. The van der Waals surface area contributed by atoms with Crippen LogP contribution in [0.2, 0.25) is 0 Å². The third-order valence-electron chi connectivity index (χ3n) is 2.32. The van der Waals surface area contributed by atoms with Crippen LogP contribution in [-0.2, 0) is 0 Å². The number of hydrogen-bond donors (Lipinski definition) is 1. The number of aromatic nitrogens is 1. The lowest BCUT2D eigenvalue weighted by Gasteiger charge is -2.06. The lowest BCUT2D eigenvalue weighted by Crippen LogP contribution is -1.96. The molecule has 1 rings (SSSR count). The van der Waals surface area contributed by atoms with Crippen molar-refractivity contribution in [2.75, 3.05) is 0 Å². The van der Waals surface area contributed by atoms with Crippen LogP contribution in [0.5, 0.6) is 0 Å². The molecule has 1 heterocycles. The van der Waals surface area contributed by atoms with Gasteiger partial charge in [0.15, 0.2) is 0 Å². The van der Waals surface area contributed by atoms with Crippen molar-refractivity contribution in [3.05, 3.63) is 16.6 Å². The fourth-order valence-corrected chi connectivity index (χ4v) is 2.12. The molecular formula is C11H19NOS. The smallest absolute Gasteiger partial charge is 0.121 e. The van der Waals surface area contributed by atoms with Crippen LogP contribution in [0, 0.1) is 0 Å². The molecule has 1 N–H and O–H groups in total. The molecule has 0 aliphatic carbocycles. The number of aliphatic hydroxyl groups excluding tert-OH is 1. The molecule has 3 heteroatoms. The number of aliphatic hydroxyl groups is 1. The second-order valence-electron chi connectivity index (χ2n) is 3.59. The second kappa shape index (κ2) is 6.96. The first-order valence-corrected chi connectivity index (χ1v) is 6.30. The van der Waals surface area contributed by atoms with Crippen molar-refractivity contribution in [3.8, 4) is 0 Å². The van der Waals surface area contributed by atoms with Crippen molar-refractivity contribution in [1.82, 2.24) is 4.98 Å². The first kappa shape index (κ1) is 11.7. The number of unbranched alkanes of at least 4 members (excludes halogenated alkanes) is 4. The van der Waals surface area contributed by atoms with Crippen LogP contribution in [0.25, 0.3) is 0 Å². The molecule has 0 saturated carbocycles. The van der Waals surface area contributed by atoms with Crippen LogP contribution in [0.1, 0.15) is 56.6 Å². The van der Waals surface area contributed by atoms with E-state index in [1.165, 1.54) is 37.0 Å². The molecule has 0 unspecified atom stereocenters. The van der Waals surface area contributed by atoms with Gasteiger partial charge in [0.25, 0.3) is 0 Å². The van der Waals surface area contributed by atoms with Gasteiger partial charge in [0.05, 0.1) is 0 Å². The van der Waals surface area contributed by atoms with Crippen molar-refractivity contribution < 1.29 is 5.11 Å². The number of thiazole rings is 1. The maximum atomic E-state index is 9.71. The maximum absolute atomic E-state index is 9.71. The summed E-state index contributed by atoms with van der Waals surface area (Å²) in [5, 5.41) is 12.5. The van der Waals surface area contributed by atoms with Gasteiger partial charge in [0.1, 0.15) is 11.1 Å². The van der Waals surface area contributed by atoms with E-state index in [1.807, 2.05) is 5.38 Å². The van der Waals surface area contributed by atoms with E-state index in [0.29, 0.717) is 0 Å². The predicted octanol–water partition coefficient (Wildman–Crippen LogP) is 3.54. The van der Waals surface area contributed by atoms with Gasteiger partial charge in [-0.25, -0.2) is 4.98 Å². The van der Waals surface area contributed by atoms with Gasteiger partial charge in [-0.1, -0.05) is 39.0 Å². The van der Waals surface area contributed by atoms with Crippen molar-refractivity contribution in [1.29, 1.82) is 0 Å². The average Bonchev–Trinajstić information content (AvgIpc) is 2.70. The molecule has 0 aromatic carbocycles. The van der Waals surface area contributed by atoms with Crippen LogP contribution in [0.4, 0.5) is 0 Å². The molecule has 0 amide bonds. The summed E-state index contributed by atoms with van der Waals surface area (Å²) in [6.07, 6.45) is 8.49. The molecule has 2 nitrogen and oxygen atoms in total. The Kier molecular flexibility index (Phi) is 5.80. The highest BCUT2D eigenvalue weighted by atomic mass is 32.1. The van der Waals surface area contributed by atoms with E-state index in [4.69, 9.17) is 0 Å². The van der Waals surface area contributed by atoms with Crippen molar-refractivity contribution in [2.45, 2.75) is 51.6 Å². The topological polar surface area (TPSA) is 33.1 Å². The highest BCUT2D eigenvalue weighted by Gasteiger charge is 2.08. The van der Waals surface area contributed by atoms with Gasteiger partial charge in [0, 0.05) is 11.6 Å². The summed E-state index contributed by atoms with van der Waals surface area (Å²) >= 11 is 1.54. The van der Waals surface area contributed by atoms with E-state index >= 15 is 0 Å². The SMILES string of the molecule is CCCCCCC[C@@H](O)c1nccs1. The Bertz CT molecular complexity index is 223. The summed E-state index contributed by atoms with van der Waals surface area (Å²) in [6, 6.07) is 0. The summed E-state index contributed by atoms with van der Waals surface area (Å²) < 4.78 is 0. The second-order valence-corrected chi connectivity index (χ2v) is 4.52. The predicted molar refractivity (Wildman–Crippen MR) is 60.4 cm³/mol. The van der Waals surface area contributed by atoms with Gasteiger partial charge in [-0.15, -0.1) is 11.3 Å². The first-order valence-electron chi connectivity index (χ1n) is 5.42. The fourth-order valence-electron chi connectivity index (χ4n) is 1.46. The Morgan fingerprint density at radius 2 is 2.14 bits per heavy atom. The molecule has 14 heavy (non-hydrogen) atoms. The zero-order valence-corrected chi connectivity index (χ0v) is 9.59. The standard InChI is InChI=1S/C11H19NOS/c1-2-3-4-5-6-7-10(13)11-12-8-9-14-11/h8-10,13H,2-7H2,1H3/t10-/m1/s1. The Hall–Kier alpha value is -0.410. The molecule has 1 atom stereocenters. The minimum Gasteiger partial charge on any atom is -0.386 e. The van der Waals surface area contributed by atoms with Gasteiger partial charge in [0.2, 0.25) is 0 Å².